The number of aromatic hydroxyl groups is 1. The molecule has 2 N–H and O–H groups in total. The van der Waals surface area contributed by atoms with Crippen LogP contribution >= 0.6 is 38.6 Å². The first-order valence-electron chi connectivity index (χ1n) is 7.91. The highest BCUT2D eigenvalue weighted by Gasteiger charge is 2.18. The molecule has 7 nitrogen and oxygen atoms in total. The zero-order valence-electron chi connectivity index (χ0n) is 14.0. The van der Waals surface area contributed by atoms with Crippen molar-refractivity contribution in [3.8, 4) is 22.0 Å². The summed E-state index contributed by atoms with van der Waals surface area (Å²) >= 11 is 6.13. The van der Waals surface area contributed by atoms with Crippen molar-refractivity contribution >= 4 is 49.6 Å². The van der Waals surface area contributed by atoms with Gasteiger partial charge in [-0.25, -0.2) is 4.98 Å². The van der Waals surface area contributed by atoms with Gasteiger partial charge in [0, 0.05) is 15.9 Å². The molecule has 0 aliphatic rings. The zero-order chi connectivity index (χ0) is 19.7. The van der Waals surface area contributed by atoms with E-state index in [4.69, 9.17) is 0 Å². The lowest BCUT2D eigenvalue weighted by Crippen LogP contribution is -2.25. The van der Waals surface area contributed by atoms with Crippen molar-refractivity contribution in [3.05, 3.63) is 73.7 Å². The van der Waals surface area contributed by atoms with E-state index in [1.165, 1.54) is 11.3 Å². The van der Waals surface area contributed by atoms with Crippen LogP contribution in [0.5, 0.6) is 5.75 Å². The van der Waals surface area contributed by atoms with Gasteiger partial charge < -0.3 is 5.11 Å². The van der Waals surface area contributed by atoms with Crippen molar-refractivity contribution in [3.63, 3.8) is 0 Å². The number of amides is 1. The number of anilines is 1. The first kappa shape index (κ1) is 18.5. The van der Waals surface area contributed by atoms with E-state index in [1.54, 1.807) is 35.6 Å². The second-order valence-corrected chi connectivity index (χ2v) is 8.30. The number of hydrogen-bond acceptors (Lipinski definition) is 7. The van der Waals surface area contributed by atoms with Gasteiger partial charge in [-0.2, -0.15) is 9.78 Å². The summed E-state index contributed by atoms with van der Waals surface area (Å²) in [5.74, 6) is -1.15. The Morgan fingerprint density at radius 3 is 2.68 bits per heavy atom. The lowest BCUT2D eigenvalue weighted by Gasteiger charge is -2.08. The molecule has 4 rings (SSSR count). The highest BCUT2D eigenvalue weighted by Crippen LogP contribution is 2.28. The summed E-state index contributed by atoms with van der Waals surface area (Å²) in [5.41, 5.74) is 0.407. The van der Waals surface area contributed by atoms with Gasteiger partial charge in [0.25, 0.3) is 11.5 Å². The summed E-state index contributed by atoms with van der Waals surface area (Å²) in [6.07, 6.45) is 0. The third-order valence-corrected chi connectivity index (χ3v) is 5.87. The number of carbonyl (C=O) groups excluding carboxylic acids is 1. The Morgan fingerprint density at radius 2 is 1.96 bits per heavy atom. The number of thiazole rings is 1. The van der Waals surface area contributed by atoms with Crippen LogP contribution in [0.15, 0.2) is 62.5 Å². The molecule has 0 saturated heterocycles. The van der Waals surface area contributed by atoms with Gasteiger partial charge in [-0.3, -0.25) is 14.9 Å². The Labute approximate surface area is 175 Å². The molecule has 28 heavy (non-hydrogen) atoms. The summed E-state index contributed by atoms with van der Waals surface area (Å²) in [4.78, 5) is 30.1. The lowest BCUT2D eigenvalue weighted by molar-refractivity contribution is 0.101. The molecule has 4 aromatic rings. The van der Waals surface area contributed by atoms with Crippen molar-refractivity contribution < 1.29 is 9.90 Å². The molecule has 3 heterocycles. The topological polar surface area (TPSA) is 97.1 Å². The van der Waals surface area contributed by atoms with E-state index in [2.05, 4.69) is 31.3 Å². The first-order valence-corrected chi connectivity index (χ1v) is 10.5. The Morgan fingerprint density at radius 1 is 1.18 bits per heavy atom. The largest absolute Gasteiger partial charge is 0.505 e. The smallest absolute Gasteiger partial charge is 0.281 e. The number of benzene rings is 1. The first-order chi connectivity index (χ1) is 13.5. The van der Waals surface area contributed by atoms with Crippen LogP contribution in [0.2, 0.25) is 0 Å². The Hall–Kier alpha value is -2.82. The molecule has 10 heteroatoms. The van der Waals surface area contributed by atoms with Crippen LogP contribution in [-0.2, 0) is 0 Å². The molecule has 0 radical (unpaired) electrons. The number of thiophene rings is 1. The molecule has 3 aromatic heterocycles. The molecule has 0 aliphatic carbocycles. The summed E-state index contributed by atoms with van der Waals surface area (Å²) < 4.78 is 1.89. The van der Waals surface area contributed by atoms with Crippen molar-refractivity contribution in [2.75, 3.05) is 5.32 Å². The maximum absolute atomic E-state index is 12.6. The van der Waals surface area contributed by atoms with Crippen LogP contribution in [0.4, 0.5) is 5.13 Å². The number of aromatic nitrogens is 3. The lowest BCUT2D eigenvalue weighted by atomic mass is 10.3. The fourth-order valence-corrected chi connectivity index (χ4v) is 4.13. The van der Waals surface area contributed by atoms with Crippen LogP contribution in [0.25, 0.3) is 16.3 Å². The SMILES string of the molecule is O=C(Nc1nc(-c2cccs2)cs1)c1nn(-c2ccc(Br)cc2)c(=O)cc1O. The highest BCUT2D eigenvalue weighted by molar-refractivity contribution is 9.10. The average Bonchev–Trinajstić information content (AvgIpc) is 3.34. The predicted molar refractivity (Wildman–Crippen MR) is 113 cm³/mol. The number of rotatable bonds is 4. The quantitative estimate of drug-likeness (QED) is 0.463. The van der Waals surface area contributed by atoms with Crippen molar-refractivity contribution in [2.45, 2.75) is 0 Å². The van der Waals surface area contributed by atoms with Crippen LogP contribution in [0.1, 0.15) is 10.5 Å². The van der Waals surface area contributed by atoms with E-state index in [9.17, 15) is 14.7 Å². The van der Waals surface area contributed by atoms with Crippen molar-refractivity contribution in [1.29, 1.82) is 0 Å². The van der Waals surface area contributed by atoms with Crippen molar-refractivity contribution in [1.82, 2.24) is 14.8 Å². The Balaban J connectivity index is 1.63. The molecule has 140 valence electrons. The fourth-order valence-electron chi connectivity index (χ4n) is 2.40. The molecule has 0 atom stereocenters. The van der Waals surface area contributed by atoms with Crippen LogP contribution in [0.3, 0.4) is 0 Å². The molecule has 1 aromatic carbocycles. The molecule has 0 saturated carbocycles. The average molecular weight is 475 g/mol. The van der Waals surface area contributed by atoms with Gasteiger partial charge in [0.15, 0.2) is 16.6 Å². The Kier molecular flexibility index (Phi) is 5.07. The number of nitrogens with zero attached hydrogens (tertiary/aromatic N) is 3. The van der Waals surface area contributed by atoms with Crippen molar-refractivity contribution in [2.24, 2.45) is 0 Å². The molecular weight excluding hydrogens is 464 g/mol. The van der Waals surface area contributed by atoms with Gasteiger partial charge in [-0.15, -0.1) is 22.7 Å². The summed E-state index contributed by atoms with van der Waals surface area (Å²) in [7, 11) is 0. The fraction of sp³-hybridized carbons (Fsp3) is 0. The van der Waals surface area contributed by atoms with E-state index in [1.807, 2.05) is 22.9 Å². The standard InChI is InChI=1S/C18H11BrN4O3S2/c19-10-3-5-11(6-4-10)23-15(25)8-13(24)16(22-23)17(26)21-18-20-12(9-28-18)14-2-1-7-27-14/h1-9,24H,(H,20,21,26). The third-order valence-electron chi connectivity index (χ3n) is 3.70. The van der Waals surface area contributed by atoms with E-state index in [0.29, 0.717) is 10.8 Å². The summed E-state index contributed by atoms with van der Waals surface area (Å²) in [6, 6.07) is 11.7. The van der Waals surface area contributed by atoms with E-state index in [0.717, 1.165) is 25.8 Å². The second-order valence-electron chi connectivity index (χ2n) is 5.57. The highest BCUT2D eigenvalue weighted by atomic mass is 79.9. The molecule has 1 amide bonds. The van der Waals surface area contributed by atoms with Gasteiger partial charge >= 0.3 is 0 Å². The summed E-state index contributed by atoms with van der Waals surface area (Å²) in [6.45, 7) is 0. The minimum absolute atomic E-state index is 0.268. The van der Waals surface area contributed by atoms with Crippen LogP contribution in [-0.4, -0.2) is 25.8 Å². The monoisotopic (exact) mass is 474 g/mol. The van der Waals surface area contributed by atoms with Gasteiger partial charge in [-0.1, -0.05) is 22.0 Å². The minimum atomic E-state index is -0.657. The molecular formula is C18H11BrN4O3S2. The van der Waals surface area contributed by atoms with E-state index in [-0.39, 0.29) is 5.69 Å². The Bertz CT molecular complexity index is 1200. The maximum Gasteiger partial charge on any atom is 0.281 e. The van der Waals surface area contributed by atoms with Gasteiger partial charge in [0.1, 0.15) is 0 Å². The number of halogens is 1. The second kappa shape index (κ2) is 7.66. The number of hydrogen-bond donors (Lipinski definition) is 2. The third kappa shape index (κ3) is 3.75. The molecule has 0 aliphatic heterocycles. The number of carbonyl (C=O) groups is 1. The summed E-state index contributed by atoms with van der Waals surface area (Å²) in [5, 5.41) is 20.8. The zero-order valence-corrected chi connectivity index (χ0v) is 17.2. The van der Waals surface area contributed by atoms with Crippen LogP contribution < -0.4 is 10.9 Å². The number of nitrogens with one attached hydrogen (secondary N) is 1. The van der Waals surface area contributed by atoms with E-state index < -0.39 is 17.2 Å². The van der Waals surface area contributed by atoms with Gasteiger partial charge in [0.2, 0.25) is 0 Å². The molecule has 0 unspecified atom stereocenters. The molecule has 0 spiro atoms. The van der Waals surface area contributed by atoms with Gasteiger partial charge in [-0.05, 0) is 35.7 Å². The molecule has 0 fully saturated rings. The molecule has 0 bridgehead atoms. The normalized spacial score (nSPS) is 10.8. The maximum atomic E-state index is 12.6. The predicted octanol–water partition coefficient (Wildman–Crippen LogP) is 4.14. The van der Waals surface area contributed by atoms with Crippen LogP contribution in [0, 0.1) is 0 Å². The minimum Gasteiger partial charge on any atom is -0.505 e. The van der Waals surface area contributed by atoms with E-state index >= 15 is 0 Å². The van der Waals surface area contributed by atoms with Gasteiger partial charge in [0.05, 0.1) is 16.3 Å².